The summed E-state index contributed by atoms with van der Waals surface area (Å²) in [7, 11) is 0. The number of aromatic hydroxyl groups is 1. The van der Waals surface area contributed by atoms with Crippen LogP contribution in [0.15, 0.2) is 36.5 Å². The predicted octanol–water partition coefficient (Wildman–Crippen LogP) is 3.54. The van der Waals surface area contributed by atoms with Crippen LogP contribution in [0.1, 0.15) is 73.2 Å². The number of piperidine rings is 1. The molecule has 6 nitrogen and oxygen atoms in total. The van der Waals surface area contributed by atoms with Crippen LogP contribution in [0, 0.1) is 5.92 Å². The van der Waals surface area contributed by atoms with E-state index in [0.717, 1.165) is 67.9 Å². The monoisotopic (exact) mass is 487 g/mol. The van der Waals surface area contributed by atoms with Gasteiger partial charge in [0.2, 0.25) is 5.91 Å². The first-order chi connectivity index (χ1) is 17.5. The molecule has 5 aliphatic rings. The van der Waals surface area contributed by atoms with E-state index < -0.39 is 11.0 Å². The highest BCUT2D eigenvalue weighted by Gasteiger charge is 2.63. The van der Waals surface area contributed by atoms with Crippen LogP contribution < -0.4 is 0 Å². The van der Waals surface area contributed by atoms with Crippen molar-refractivity contribution in [2.75, 3.05) is 26.2 Å². The van der Waals surface area contributed by atoms with Crippen LogP contribution in [-0.2, 0) is 23.1 Å². The van der Waals surface area contributed by atoms with E-state index in [1.54, 1.807) is 6.20 Å². The van der Waals surface area contributed by atoms with Gasteiger partial charge in [0.25, 0.3) is 0 Å². The second-order valence-electron chi connectivity index (χ2n) is 12.1. The van der Waals surface area contributed by atoms with Crippen LogP contribution >= 0.6 is 0 Å². The van der Waals surface area contributed by atoms with Gasteiger partial charge in [-0.05, 0) is 105 Å². The van der Waals surface area contributed by atoms with Gasteiger partial charge in [-0.3, -0.25) is 14.7 Å². The first-order valence-corrected chi connectivity index (χ1v) is 14.0. The Balaban J connectivity index is 1.25. The van der Waals surface area contributed by atoms with Crippen LogP contribution in [-0.4, -0.2) is 68.7 Å². The molecule has 4 fully saturated rings. The smallest absolute Gasteiger partial charge is 0.228 e. The molecule has 190 valence electrons. The number of amides is 1. The zero-order chi connectivity index (χ0) is 24.5. The summed E-state index contributed by atoms with van der Waals surface area (Å²) in [5.74, 6) is 1.75. The maximum Gasteiger partial charge on any atom is 0.228 e. The summed E-state index contributed by atoms with van der Waals surface area (Å²) in [6.45, 7) is 3.26. The van der Waals surface area contributed by atoms with Gasteiger partial charge >= 0.3 is 0 Å². The van der Waals surface area contributed by atoms with Crippen molar-refractivity contribution in [1.82, 2.24) is 14.8 Å². The van der Waals surface area contributed by atoms with E-state index in [2.05, 4.69) is 16.0 Å². The topological polar surface area (TPSA) is 76.9 Å². The number of phenols is 1. The number of fused-ring (bicyclic) bond motifs is 1. The highest BCUT2D eigenvalue weighted by molar-refractivity contribution is 5.78. The molecule has 1 aromatic heterocycles. The molecule has 2 aromatic rings. The zero-order valence-electron chi connectivity index (χ0n) is 21.0. The number of aromatic nitrogens is 1. The summed E-state index contributed by atoms with van der Waals surface area (Å²) in [6, 6.07) is 10.0. The lowest BCUT2D eigenvalue weighted by atomic mass is 9.52. The SMILES string of the molecule is O=C(Cc1ccccn1)N1CCC23CCN(CC4CC4)C(Cc4cc(C5CC5)c(O)cc42)C3(O)CC1. The van der Waals surface area contributed by atoms with Gasteiger partial charge in [0.05, 0.1) is 12.0 Å². The molecule has 7 rings (SSSR count). The quantitative estimate of drug-likeness (QED) is 0.675. The van der Waals surface area contributed by atoms with Crippen LogP contribution in [0.4, 0.5) is 0 Å². The Morgan fingerprint density at radius 1 is 1.06 bits per heavy atom. The van der Waals surface area contributed by atoms with E-state index in [1.807, 2.05) is 29.2 Å². The van der Waals surface area contributed by atoms with Gasteiger partial charge in [0, 0.05) is 43.0 Å². The Hall–Kier alpha value is -2.44. The van der Waals surface area contributed by atoms with E-state index in [0.29, 0.717) is 37.6 Å². The van der Waals surface area contributed by atoms with Crippen LogP contribution in [0.25, 0.3) is 0 Å². The van der Waals surface area contributed by atoms with Crippen molar-refractivity contribution in [1.29, 1.82) is 0 Å². The molecule has 1 aromatic carbocycles. The molecule has 3 unspecified atom stereocenters. The largest absolute Gasteiger partial charge is 0.508 e. The third-order valence-corrected chi connectivity index (χ3v) is 10.0. The van der Waals surface area contributed by atoms with Gasteiger partial charge in [0.1, 0.15) is 5.75 Å². The second kappa shape index (κ2) is 8.29. The van der Waals surface area contributed by atoms with Crippen molar-refractivity contribution in [2.24, 2.45) is 5.92 Å². The fraction of sp³-hybridized carbons (Fsp3) is 0.600. The molecule has 3 atom stereocenters. The van der Waals surface area contributed by atoms with Crippen LogP contribution in [0.2, 0.25) is 0 Å². The number of pyridine rings is 1. The summed E-state index contributed by atoms with van der Waals surface area (Å²) in [5, 5.41) is 23.7. The minimum absolute atomic E-state index is 0.0711. The number of hydrogen-bond donors (Lipinski definition) is 2. The molecule has 2 saturated carbocycles. The number of rotatable bonds is 5. The van der Waals surface area contributed by atoms with Crippen molar-refractivity contribution in [3.05, 3.63) is 58.9 Å². The molecule has 2 saturated heterocycles. The Morgan fingerprint density at radius 2 is 1.86 bits per heavy atom. The highest BCUT2D eigenvalue weighted by Crippen LogP contribution is 2.58. The number of carbonyl (C=O) groups excluding carboxylic acids is 1. The summed E-state index contributed by atoms with van der Waals surface area (Å²) in [4.78, 5) is 22.2. The van der Waals surface area contributed by atoms with Gasteiger partial charge in [-0.1, -0.05) is 12.1 Å². The molecule has 2 aliphatic heterocycles. The molecule has 36 heavy (non-hydrogen) atoms. The lowest BCUT2D eigenvalue weighted by Gasteiger charge is -2.61. The molecule has 2 bridgehead atoms. The molecule has 1 amide bonds. The fourth-order valence-electron chi connectivity index (χ4n) is 7.68. The van der Waals surface area contributed by atoms with Crippen molar-refractivity contribution >= 4 is 5.91 Å². The molecule has 0 spiro atoms. The normalized spacial score (nSPS) is 31.9. The van der Waals surface area contributed by atoms with E-state index in [9.17, 15) is 15.0 Å². The number of hydrogen-bond acceptors (Lipinski definition) is 5. The molecule has 2 N–H and O–H groups in total. The van der Waals surface area contributed by atoms with Crippen LogP contribution in [0.5, 0.6) is 5.75 Å². The summed E-state index contributed by atoms with van der Waals surface area (Å²) in [5.41, 5.74) is 3.03. The van der Waals surface area contributed by atoms with Crippen molar-refractivity contribution in [3.63, 3.8) is 0 Å². The molecular formula is C30H37N3O3. The summed E-state index contributed by atoms with van der Waals surface area (Å²) >= 11 is 0. The van der Waals surface area contributed by atoms with Crippen molar-refractivity contribution in [3.8, 4) is 5.75 Å². The standard InChI is InChI=1S/C30H37N3O3/c34-26-18-25-22(15-24(26)21-6-7-21)16-27-30(36)10-14-32(28(35)17-23-3-1-2-11-31-23)12-8-29(25,30)9-13-33(27)19-20-4-5-20/h1-3,11,15,18,20-21,27,34,36H,4-10,12-14,16-17,19H2. The Morgan fingerprint density at radius 3 is 2.61 bits per heavy atom. The maximum absolute atomic E-state index is 13.3. The summed E-state index contributed by atoms with van der Waals surface area (Å²) < 4.78 is 0. The second-order valence-corrected chi connectivity index (χ2v) is 12.1. The van der Waals surface area contributed by atoms with Gasteiger partial charge in [-0.25, -0.2) is 0 Å². The van der Waals surface area contributed by atoms with Gasteiger partial charge in [-0.15, -0.1) is 0 Å². The summed E-state index contributed by atoms with van der Waals surface area (Å²) in [6.07, 6.45) is 9.99. The number of likely N-dealkylation sites (tertiary alicyclic amines) is 2. The average Bonchev–Trinajstić information content (AvgIpc) is 3.77. The van der Waals surface area contributed by atoms with Gasteiger partial charge < -0.3 is 15.1 Å². The third-order valence-electron chi connectivity index (χ3n) is 10.0. The Labute approximate surface area is 213 Å². The molecular weight excluding hydrogens is 450 g/mol. The van der Waals surface area contributed by atoms with Crippen LogP contribution in [0.3, 0.4) is 0 Å². The van der Waals surface area contributed by atoms with Gasteiger partial charge in [0.15, 0.2) is 0 Å². The average molecular weight is 488 g/mol. The van der Waals surface area contributed by atoms with E-state index in [1.165, 1.54) is 18.4 Å². The van der Waals surface area contributed by atoms with Crippen molar-refractivity contribution < 1.29 is 15.0 Å². The molecule has 3 aliphatic carbocycles. The number of phenolic OH excluding ortho intramolecular Hbond substituents is 1. The molecule has 6 heteroatoms. The first kappa shape index (κ1) is 22.7. The zero-order valence-corrected chi connectivity index (χ0v) is 21.0. The number of nitrogens with zero attached hydrogens (tertiary/aromatic N) is 3. The number of aliphatic hydroxyl groups is 1. The lowest BCUT2D eigenvalue weighted by Crippen LogP contribution is -2.71. The minimum Gasteiger partial charge on any atom is -0.508 e. The molecule has 3 heterocycles. The fourth-order valence-corrected chi connectivity index (χ4v) is 7.68. The van der Waals surface area contributed by atoms with Gasteiger partial charge in [-0.2, -0.15) is 0 Å². The van der Waals surface area contributed by atoms with E-state index >= 15 is 0 Å². The Bertz CT molecular complexity index is 1180. The van der Waals surface area contributed by atoms with E-state index in [4.69, 9.17) is 0 Å². The number of carbonyl (C=O) groups is 1. The van der Waals surface area contributed by atoms with E-state index in [-0.39, 0.29) is 11.9 Å². The first-order valence-electron chi connectivity index (χ1n) is 14.0. The molecule has 0 radical (unpaired) electrons. The maximum atomic E-state index is 13.3. The number of benzene rings is 1. The Kier molecular flexibility index (Phi) is 5.23. The highest BCUT2D eigenvalue weighted by atomic mass is 16.3. The third kappa shape index (κ3) is 3.59. The minimum atomic E-state index is -0.902. The predicted molar refractivity (Wildman–Crippen MR) is 137 cm³/mol. The van der Waals surface area contributed by atoms with Crippen molar-refractivity contribution in [2.45, 2.75) is 80.8 Å². The lowest BCUT2D eigenvalue weighted by molar-refractivity contribution is -0.149.